The van der Waals surface area contributed by atoms with Crippen LogP contribution >= 0.6 is 0 Å². The van der Waals surface area contributed by atoms with E-state index in [1.54, 1.807) is 0 Å². The molecule has 0 aromatic rings. The standard InChI is InChI=1S/C19H34N2/c1-12(2)14(5)20-10-18-8-17-7-16(18)9-19(17)11-21-15(6)13(3)4/h12-13,16-19H,7-11H2,1-6H3. The van der Waals surface area contributed by atoms with E-state index in [2.05, 4.69) is 41.5 Å². The first-order valence-corrected chi connectivity index (χ1v) is 8.90. The SMILES string of the molecule is CC(=NCC1CC2CC1CC2CN=C(C)C(C)C)C(C)C. The smallest absolute Gasteiger partial charge is 0.0419 e. The molecule has 2 fully saturated rings. The maximum Gasteiger partial charge on any atom is 0.0419 e. The van der Waals surface area contributed by atoms with E-state index in [1.165, 1.54) is 30.7 Å². The highest BCUT2D eigenvalue weighted by Gasteiger charge is 2.45. The maximum atomic E-state index is 4.84. The zero-order chi connectivity index (χ0) is 15.6. The first-order valence-electron chi connectivity index (χ1n) is 8.90. The predicted molar refractivity (Wildman–Crippen MR) is 93.4 cm³/mol. The summed E-state index contributed by atoms with van der Waals surface area (Å²) in [5.74, 6) is 4.77. The lowest BCUT2D eigenvalue weighted by atomic mass is 9.82. The van der Waals surface area contributed by atoms with Crippen LogP contribution in [0.25, 0.3) is 0 Å². The highest BCUT2D eigenvalue weighted by molar-refractivity contribution is 5.84. The van der Waals surface area contributed by atoms with Crippen LogP contribution in [0.4, 0.5) is 0 Å². The lowest BCUT2D eigenvalue weighted by Gasteiger charge is -2.26. The van der Waals surface area contributed by atoms with Crippen LogP contribution in [0.2, 0.25) is 0 Å². The minimum Gasteiger partial charge on any atom is -0.294 e. The van der Waals surface area contributed by atoms with Gasteiger partial charge in [0, 0.05) is 24.5 Å². The van der Waals surface area contributed by atoms with Crippen molar-refractivity contribution in [2.75, 3.05) is 13.1 Å². The Hall–Kier alpha value is -0.660. The van der Waals surface area contributed by atoms with Gasteiger partial charge in [-0.25, -0.2) is 0 Å². The Labute approximate surface area is 131 Å². The molecule has 0 saturated heterocycles. The van der Waals surface area contributed by atoms with Crippen molar-refractivity contribution in [1.29, 1.82) is 0 Å². The van der Waals surface area contributed by atoms with E-state index in [1.807, 2.05) is 0 Å². The molecule has 2 aliphatic carbocycles. The second-order valence-corrected chi connectivity index (χ2v) is 8.02. The highest BCUT2D eigenvalue weighted by atomic mass is 14.8. The minimum atomic E-state index is 0.602. The van der Waals surface area contributed by atoms with Crippen molar-refractivity contribution in [2.24, 2.45) is 45.5 Å². The normalized spacial score (nSPS) is 33.5. The van der Waals surface area contributed by atoms with E-state index in [0.717, 1.165) is 36.8 Å². The molecular formula is C19H34N2. The summed E-state index contributed by atoms with van der Waals surface area (Å²) in [7, 11) is 0. The molecule has 0 radical (unpaired) electrons. The summed E-state index contributed by atoms with van der Waals surface area (Å²) in [5.41, 5.74) is 2.65. The van der Waals surface area contributed by atoms with Crippen LogP contribution in [0.15, 0.2) is 9.98 Å². The van der Waals surface area contributed by atoms with Crippen molar-refractivity contribution in [2.45, 2.75) is 60.8 Å². The monoisotopic (exact) mass is 290 g/mol. The molecule has 0 heterocycles. The Morgan fingerprint density at radius 2 is 1.14 bits per heavy atom. The Kier molecular flexibility index (Phi) is 5.62. The second-order valence-electron chi connectivity index (χ2n) is 8.02. The molecule has 2 aliphatic rings. The first-order chi connectivity index (χ1) is 9.88. The number of hydrogen-bond acceptors (Lipinski definition) is 2. The molecule has 2 saturated carbocycles. The number of nitrogens with zero attached hydrogens (tertiary/aromatic N) is 2. The molecule has 0 aliphatic heterocycles. The molecule has 4 atom stereocenters. The summed E-state index contributed by atoms with van der Waals surface area (Å²) in [6, 6.07) is 0. The van der Waals surface area contributed by atoms with E-state index >= 15 is 0 Å². The Bertz CT molecular complexity index is 368. The average molecular weight is 290 g/mol. The fourth-order valence-corrected chi connectivity index (χ4v) is 3.85. The van der Waals surface area contributed by atoms with Crippen molar-refractivity contribution in [1.82, 2.24) is 0 Å². The van der Waals surface area contributed by atoms with Gasteiger partial charge in [-0.3, -0.25) is 9.98 Å². The van der Waals surface area contributed by atoms with E-state index in [4.69, 9.17) is 9.98 Å². The lowest BCUT2D eigenvalue weighted by molar-refractivity contribution is 0.267. The number of fused-ring (bicyclic) bond motifs is 2. The second kappa shape index (κ2) is 7.07. The average Bonchev–Trinajstić information content (AvgIpc) is 3.01. The van der Waals surface area contributed by atoms with Crippen LogP contribution in [0.3, 0.4) is 0 Å². The Balaban J connectivity index is 1.82. The van der Waals surface area contributed by atoms with Gasteiger partial charge < -0.3 is 0 Å². The van der Waals surface area contributed by atoms with Gasteiger partial charge in [-0.15, -0.1) is 0 Å². The molecule has 2 bridgehead atoms. The molecule has 0 spiro atoms. The van der Waals surface area contributed by atoms with Crippen molar-refractivity contribution < 1.29 is 0 Å². The van der Waals surface area contributed by atoms with Gasteiger partial charge in [0.1, 0.15) is 0 Å². The molecule has 2 nitrogen and oxygen atoms in total. The zero-order valence-electron chi connectivity index (χ0n) is 14.9. The van der Waals surface area contributed by atoms with Crippen molar-refractivity contribution >= 4 is 11.4 Å². The summed E-state index contributed by atoms with van der Waals surface area (Å²) < 4.78 is 0. The number of aliphatic imine (C=N–C) groups is 2. The number of hydrogen-bond donors (Lipinski definition) is 0. The van der Waals surface area contributed by atoms with Gasteiger partial charge in [-0.1, -0.05) is 27.7 Å². The minimum absolute atomic E-state index is 0.602. The third-order valence-corrected chi connectivity index (χ3v) is 5.97. The van der Waals surface area contributed by atoms with Gasteiger partial charge in [0.05, 0.1) is 0 Å². The van der Waals surface area contributed by atoms with Crippen LogP contribution in [0.5, 0.6) is 0 Å². The maximum absolute atomic E-state index is 4.84. The Morgan fingerprint density at radius 3 is 1.43 bits per heavy atom. The van der Waals surface area contributed by atoms with Gasteiger partial charge in [-0.2, -0.15) is 0 Å². The fourth-order valence-electron chi connectivity index (χ4n) is 3.85. The van der Waals surface area contributed by atoms with Crippen molar-refractivity contribution in [3.05, 3.63) is 0 Å². The molecule has 0 aromatic heterocycles. The van der Waals surface area contributed by atoms with Crippen LogP contribution in [-0.2, 0) is 0 Å². The molecule has 0 amide bonds. The summed E-state index contributed by atoms with van der Waals surface area (Å²) in [4.78, 5) is 9.67. The molecule has 120 valence electrons. The summed E-state index contributed by atoms with van der Waals surface area (Å²) in [6.07, 6.45) is 4.25. The first kappa shape index (κ1) is 16.7. The van der Waals surface area contributed by atoms with Gasteiger partial charge >= 0.3 is 0 Å². The summed E-state index contributed by atoms with van der Waals surface area (Å²) >= 11 is 0. The molecule has 0 aromatic carbocycles. The van der Waals surface area contributed by atoms with Crippen LogP contribution < -0.4 is 0 Å². The van der Waals surface area contributed by atoms with Gasteiger partial charge in [0.25, 0.3) is 0 Å². The van der Waals surface area contributed by atoms with Crippen LogP contribution in [-0.4, -0.2) is 24.5 Å². The molecule has 0 N–H and O–H groups in total. The molecular weight excluding hydrogens is 256 g/mol. The predicted octanol–water partition coefficient (Wildman–Crippen LogP) is 4.88. The molecule has 2 rings (SSSR count). The van der Waals surface area contributed by atoms with Crippen LogP contribution in [0.1, 0.15) is 60.8 Å². The third kappa shape index (κ3) is 4.17. The molecule has 2 heteroatoms. The van der Waals surface area contributed by atoms with Crippen molar-refractivity contribution in [3.8, 4) is 0 Å². The van der Waals surface area contributed by atoms with E-state index in [-0.39, 0.29) is 0 Å². The topological polar surface area (TPSA) is 24.7 Å². The summed E-state index contributed by atoms with van der Waals surface area (Å²) in [5, 5.41) is 0. The number of rotatable bonds is 6. The van der Waals surface area contributed by atoms with E-state index in [0.29, 0.717) is 11.8 Å². The van der Waals surface area contributed by atoms with Gasteiger partial charge in [0.15, 0.2) is 0 Å². The van der Waals surface area contributed by atoms with Gasteiger partial charge in [-0.05, 0) is 68.6 Å². The molecule has 21 heavy (non-hydrogen) atoms. The summed E-state index contributed by atoms with van der Waals surface area (Å²) in [6.45, 7) is 15.5. The Morgan fingerprint density at radius 1 is 0.762 bits per heavy atom. The van der Waals surface area contributed by atoms with Crippen molar-refractivity contribution in [3.63, 3.8) is 0 Å². The van der Waals surface area contributed by atoms with Crippen LogP contribution in [0, 0.1) is 35.5 Å². The molecule has 4 unspecified atom stereocenters. The third-order valence-electron chi connectivity index (χ3n) is 5.97. The quantitative estimate of drug-likeness (QED) is 0.623. The highest BCUT2D eigenvalue weighted by Crippen LogP contribution is 2.51. The lowest BCUT2D eigenvalue weighted by Crippen LogP contribution is -2.22. The van der Waals surface area contributed by atoms with E-state index in [9.17, 15) is 0 Å². The fraction of sp³-hybridized carbons (Fsp3) is 0.895. The van der Waals surface area contributed by atoms with E-state index < -0.39 is 0 Å². The largest absolute Gasteiger partial charge is 0.294 e. The zero-order valence-corrected chi connectivity index (χ0v) is 14.9. The van der Waals surface area contributed by atoms with Gasteiger partial charge in [0.2, 0.25) is 0 Å².